The highest BCUT2D eigenvalue weighted by Crippen LogP contribution is 2.08. The quantitative estimate of drug-likeness (QED) is 0.536. The number of rotatable bonds is 2. The fourth-order valence-corrected chi connectivity index (χ4v) is 0.862. The van der Waals surface area contributed by atoms with Gasteiger partial charge in [0.1, 0.15) is 6.10 Å². The van der Waals surface area contributed by atoms with Crippen LogP contribution in [0, 0.1) is 0 Å². The van der Waals surface area contributed by atoms with Crippen molar-refractivity contribution >= 4 is 6.47 Å². The molecule has 3 heteroatoms. The Kier molecular flexibility index (Phi) is 2.51. The SMILES string of the molecule is O=[C]OC1CCOCC1. The van der Waals surface area contributed by atoms with Crippen LogP contribution >= 0.6 is 0 Å². The third-order valence-electron chi connectivity index (χ3n) is 1.38. The maximum Gasteiger partial charge on any atom is 0.417 e. The van der Waals surface area contributed by atoms with Crippen LogP contribution in [0.15, 0.2) is 0 Å². The van der Waals surface area contributed by atoms with Crippen molar-refractivity contribution in [2.75, 3.05) is 13.2 Å². The first-order valence-corrected chi connectivity index (χ1v) is 3.04. The highest BCUT2D eigenvalue weighted by molar-refractivity contribution is 5.38. The van der Waals surface area contributed by atoms with E-state index in [-0.39, 0.29) is 6.10 Å². The molecule has 9 heavy (non-hydrogen) atoms. The zero-order valence-electron chi connectivity index (χ0n) is 5.13. The molecule has 3 nitrogen and oxygen atoms in total. The topological polar surface area (TPSA) is 35.5 Å². The first-order valence-electron chi connectivity index (χ1n) is 3.04. The molecule has 0 aromatic rings. The molecule has 0 spiro atoms. The van der Waals surface area contributed by atoms with Gasteiger partial charge in [-0.25, -0.2) is 4.79 Å². The molecule has 0 aliphatic carbocycles. The molecule has 0 bridgehead atoms. The average Bonchev–Trinajstić information content (AvgIpc) is 1.91. The monoisotopic (exact) mass is 129 g/mol. The lowest BCUT2D eigenvalue weighted by Crippen LogP contribution is -2.22. The molecule has 0 unspecified atom stereocenters. The Hall–Kier alpha value is -0.570. The van der Waals surface area contributed by atoms with Crippen molar-refractivity contribution in [3.8, 4) is 0 Å². The van der Waals surface area contributed by atoms with Crippen LogP contribution in [-0.4, -0.2) is 25.8 Å². The van der Waals surface area contributed by atoms with Crippen molar-refractivity contribution in [3.63, 3.8) is 0 Å². The maximum absolute atomic E-state index is 9.69. The molecule has 0 amide bonds. The summed E-state index contributed by atoms with van der Waals surface area (Å²) in [5.74, 6) is 0. The van der Waals surface area contributed by atoms with Crippen molar-refractivity contribution in [2.45, 2.75) is 18.9 Å². The molecule has 0 atom stereocenters. The summed E-state index contributed by atoms with van der Waals surface area (Å²) in [5.41, 5.74) is 0. The molecule has 51 valence electrons. The summed E-state index contributed by atoms with van der Waals surface area (Å²) in [6.45, 7) is 2.83. The average molecular weight is 129 g/mol. The minimum absolute atomic E-state index is 0.0521. The molecule has 1 saturated heterocycles. The number of ether oxygens (including phenoxy) is 2. The third-order valence-corrected chi connectivity index (χ3v) is 1.38. The Morgan fingerprint density at radius 1 is 1.44 bits per heavy atom. The van der Waals surface area contributed by atoms with E-state index in [1.807, 2.05) is 0 Å². The zero-order valence-corrected chi connectivity index (χ0v) is 5.13. The smallest absolute Gasteiger partial charge is 0.417 e. The van der Waals surface area contributed by atoms with E-state index in [1.165, 1.54) is 6.47 Å². The molecule has 1 aliphatic heterocycles. The van der Waals surface area contributed by atoms with Gasteiger partial charge >= 0.3 is 6.47 Å². The second-order valence-corrected chi connectivity index (χ2v) is 2.01. The summed E-state index contributed by atoms with van der Waals surface area (Å²) in [6.07, 6.45) is 1.68. The minimum atomic E-state index is 0.0521. The molecular formula is C6H9O3. The fraction of sp³-hybridized carbons (Fsp3) is 0.833. The van der Waals surface area contributed by atoms with Gasteiger partial charge in [0.2, 0.25) is 0 Å². The standard InChI is InChI=1S/C6H9O3/c7-5-9-6-1-3-8-4-2-6/h6H,1-4H2. The molecular weight excluding hydrogens is 120 g/mol. The van der Waals surface area contributed by atoms with E-state index in [4.69, 9.17) is 4.74 Å². The Balaban J connectivity index is 2.15. The van der Waals surface area contributed by atoms with E-state index in [0.717, 1.165) is 12.8 Å². The summed E-state index contributed by atoms with van der Waals surface area (Å²) in [7, 11) is 0. The lowest BCUT2D eigenvalue weighted by Gasteiger charge is -2.19. The van der Waals surface area contributed by atoms with E-state index in [0.29, 0.717) is 13.2 Å². The van der Waals surface area contributed by atoms with Crippen molar-refractivity contribution in [1.82, 2.24) is 0 Å². The van der Waals surface area contributed by atoms with Gasteiger partial charge in [-0.15, -0.1) is 0 Å². The van der Waals surface area contributed by atoms with E-state index in [9.17, 15) is 4.79 Å². The summed E-state index contributed by atoms with van der Waals surface area (Å²) >= 11 is 0. The first kappa shape index (κ1) is 6.55. The second kappa shape index (κ2) is 3.45. The summed E-state index contributed by atoms with van der Waals surface area (Å²) in [5, 5.41) is 0. The molecule has 1 fully saturated rings. The molecule has 0 N–H and O–H groups in total. The first-order chi connectivity index (χ1) is 4.43. The van der Waals surface area contributed by atoms with Crippen LogP contribution in [0.5, 0.6) is 0 Å². The van der Waals surface area contributed by atoms with Gasteiger partial charge in [-0.2, -0.15) is 0 Å². The van der Waals surface area contributed by atoms with Gasteiger partial charge in [-0.3, -0.25) is 0 Å². The van der Waals surface area contributed by atoms with Crippen LogP contribution in [-0.2, 0) is 14.3 Å². The predicted molar refractivity (Wildman–Crippen MR) is 30.6 cm³/mol. The van der Waals surface area contributed by atoms with E-state index >= 15 is 0 Å². The number of hydrogen-bond donors (Lipinski definition) is 0. The summed E-state index contributed by atoms with van der Waals surface area (Å²) in [4.78, 5) is 9.69. The number of hydrogen-bond acceptors (Lipinski definition) is 3. The van der Waals surface area contributed by atoms with Crippen LogP contribution in [0.3, 0.4) is 0 Å². The van der Waals surface area contributed by atoms with Gasteiger partial charge in [0.15, 0.2) is 0 Å². The molecule has 1 rings (SSSR count). The van der Waals surface area contributed by atoms with Gasteiger partial charge in [0.25, 0.3) is 0 Å². The molecule has 0 saturated carbocycles. The molecule has 0 aromatic carbocycles. The lowest BCUT2D eigenvalue weighted by molar-refractivity contribution is 0.0189. The van der Waals surface area contributed by atoms with Gasteiger partial charge < -0.3 is 9.47 Å². The lowest BCUT2D eigenvalue weighted by atomic mass is 10.2. The van der Waals surface area contributed by atoms with Crippen molar-refractivity contribution in [2.24, 2.45) is 0 Å². The second-order valence-electron chi connectivity index (χ2n) is 2.01. The minimum Gasteiger partial charge on any atom is -0.454 e. The van der Waals surface area contributed by atoms with Crippen molar-refractivity contribution in [1.29, 1.82) is 0 Å². The molecule has 1 aliphatic rings. The summed E-state index contributed by atoms with van der Waals surface area (Å²) in [6, 6.07) is 0. The number of carbonyl (C=O) groups excluding carboxylic acids is 1. The highest BCUT2D eigenvalue weighted by atomic mass is 16.5. The van der Waals surface area contributed by atoms with Crippen LogP contribution in [0.2, 0.25) is 0 Å². The van der Waals surface area contributed by atoms with E-state index in [2.05, 4.69) is 4.74 Å². The van der Waals surface area contributed by atoms with Gasteiger partial charge in [-0.05, 0) is 0 Å². The van der Waals surface area contributed by atoms with E-state index in [1.54, 1.807) is 0 Å². The molecule has 1 radical (unpaired) electrons. The van der Waals surface area contributed by atoms with Crippen LogP contribution in [0.25, 0.3) is 0 Å². The van der Waals surface area contributed by atoms with E-state index < -0.39 is 0 Å². The largest absolute Gasteiger partial charge is 0.454 e. The summed E-state index contributed by atoms with van der Waals surface area (Å²) < 4.78 is 9.63. The predicted octanol–water partition coefficient (Wildman–Crippen LogP) is 0.249. The highest BCUT2D eigenvalue weighted by Gasteiger charge is 2.13. The third kappa shape index (κ3) is 2.01. The molecule has 0 aromatic heterocycles. The van der Waals surface area contributed by atoms with Crippen molar-refractivity contribution < 1.29 is 14.3 Å². The van der Waals surface area contributed by atoms with Crippen LogP contribution < -0.4 is 0 Å². The Labute approximate surface area is 53.9 Å². The maximum atomic E-state index is 9.69. The normalized spacial score (nSPS) is 21.3. The van der Waals surface area contributed by atoms with Gasteiger partial charge in [0, 0.05) is 12.8 Å². The Bertz CT molecular complexity index is 86.3. The van der Waals surface area contributed by atoms with Crippen LogP contribution in [0.4, 0.5) is 0 Å². The zero-order chi connectivity index (χ0) is 6.53. The van der Waals surface area contributed by atoms with Gasteiger partial charge in [-0.1, -0.05) is 0 Å². The van der Waals surface area contributed by atoms with Crippen molar-refractivity contribution in [3.05, 3.63) is 0 Å². The van der Waals surface area contributed by atoms with Crippen LogP contribution in [0.1, 0.15) is 12.8 Å². The Morgan fingerprint density at radius 2 is 2.11 bits per heavy atom. The Morgan fingerprint density at radius 3 is 2.67 bits per heavy atom. The van der Waals surface area contributed by atoms with Gasteiger partial charge in [0.05, 0.1) is 13.2 Å². The molecule has 1 heterocycles. The fourth-order valence-electron chi connectivity index (χ4n) is 0.862.